The molecule has 0 bridgehead atoms. The van der Waals surface area contributed by atoms with E-state index in [1.165, 1.54) is 18.3 Å². The van der Waals surface area contributed by atoms with E-state index in [2.05, 4.69) is 25.1 Å². The Morgan fingerprint density at radius 3 is 2.88 bits per heavy atom. The van der Waals surface area contributed by atoms with Gasteiger partial charge >= 0.3 is 5.97 Å². The van der Waals surface area contributed by atoms with Crippen LogP contribution >= 0.6 is 11.5 Å². The summed E-state index contributed by atoms with van der Waals surface area (Å²) in [6, 6.07) is 2.57. The molecule has 0 saturated carbocycles. The molecule has 0 unspecified atom stereocenters. The van der Waals surface area contributed by atoms with Crippen molar-refractivity contribution in [1.29, 1.82) is 0 Å². The van der Waals surface area contributed by atoms with Crippen molar-refractivity contribution < 1.29 is 14.7 Å². The molecule has 8 nitrogen and oxygen atoms in total. The van der Waals surface area contributed by atoms with Gasteiger partial charge in [0, 0.05) is 23.3 Å². The molecule has 0 spiro atoms. The fourth-order valence-corrected chi connectivity index (χ4v) is 1.40. The van der Waals surface area contributed by atoms with Crippen LogP contribution in [0.4, 0.5) is 5.13 Å². The van der Waals surface area contributed by atoms with E-state index in [9.17, 15) is 9.59 Å². The lowest BCUT2D eigenvalue weighted by Gasteiger charge is -2.01. The molecule has 1 amide bonds. The first-order valence-electron chi connectivity index (χ1n) is 4.32. The summed E-state index contributed by atoms with van der Waals surface area (Å²) in [4.78, 5) is 25.9. The molecule has 2 aromatic heterocycles. The van der Waals surface area contributed by atoms with Crippen LogP contribution in [0.1, 0.15) is 20.8 Å². The monoisotopic (exact) mass is 251 g/mol. The smallest absolute Gasteiger partial charge is 0.354 e. The second-order valence-corrected chi connectivity index (χ2v) is 3.59. The molecule has 0 aromatic carbocycles. The maximum atomic E-state index is 11.7. The fraction of sp³-hybridized carbons (Fsp3) is 0. The van der Waals surface area contributed by atoms with Gasteiger partial charge in [0.2, 0.25) is 5.13 Å². The second kappa shape index (κ2) is 4.61. The van der Waals surface area contributed by atoms with Gasteiger partial charge in [0.1, 0.15) is 5.69 Å². The van der Waals surface area contributed by atoms with E-state index in [0.717, 1.165) is 11.5 Å². The maximum absolute atomic E-state index is 11.7. The van der Waals surface area contributed by atoms with Gasteiger partial charge in [-0.25, -0.2) is 9.78 Å². The molecular weight excluding hydrogens is 246 g/mol. The number of anilines is 1. The number of carboxylic acid groups (broad SMARTS) is 1. The Balaban J connectivity index is 2.19. The molecule has 0 radical (unpaired) electrons. The zero-order valence-corrected chi connectivity index (χ0v) is 9.01. The number of carbonyl (C=O) groups is 2. The van der Waals surface area contributed by atoms with E-state index in [1.54, 1.807) is 0 Å². The van der Waals surface area contributed by atoms with Crippen molar-refractivity contribution in [3.8, 4) is 0 Å². The summed E-state index contributed by atoms with van der Waals surface area (Å²) in [5, 5.41) is 18.2. The largest absolute Gasteiger partial charge is 0.477 e. The number of hydrogen-bond acceptors (Lipinski definition) is 7. The van der Waals surface area contributed by atoms with Crippen LogP contribution < -0.4 is 5.32 Å². The Kier molecular flexibility index (Phi) is 3.01. The second-order valence-electron chi connectivity index (χ2n) is 2.86. The van der Waals surface area contributed by atoms with Crippen molar-refractivity contribution in [2.45, 2.75) is 0 Å². The molecule has 2 rings (SSSR count). The van der Waals surface area contributed by atoms with Crippen molar-refractivity contribution in [2.24, 2.45) is 0 Å². The minimum absolute atomic E-state index is 0.174. The molecule has 9 heteroatoms. The van der Waals surface area contributed by atoms with Crippen molar-refractivity contribution in [3.05, 3.63) is 29.6 Å². The summed E-state index contributed by atoms with van der Waals surface area (Å²) in [7, 11) is 0. The van der Waals surface area contributed by atoms with Crippen LogP contribution in [0.3, 0.4) is 0 Å². The van der Waals surface area contributed by atoms with E-state index in [-0.39, 0.29) is 16.4 Å². The zero-order valence-electron chi connectivity index (χ0n) is 8.19. The number of amides is 1. The van der Waals surface area contributed by atoms with Gasteiger partial charge in [0.05, 0.1) is 0 Å². The van der Waals surface area contributed by atoms with Crippen LogP contribution in [0, 0.1) is 0 Å². The highest BCUT2D eigenvalue weighted by molar-refractivity contribution is 7.09. The molecule has 86 valence electrons. The first-order chi connectivity index (χ1) is 8.16. The predicted molar refractivity (Wildman–Crippen MR) is 56.9 cm³/mol. The third-order valence-electron chi connectivity index (χ3n) is 1.76. The van der Waals surface area contributed by atoms with Gasteiger partial charge in [-0.3, -0.25) is 10.1 Å². The summed E-state index contributed by atoms with van der Waals surface area (Å²) in [6.45, 7) is 0. The fourth-order valence-electron chi connectivity index (χ4n) is 1.04. The molecule has 0 fully saturated rings. The summed E-state index contributed by atoms with van der Waals surface area (Å²) >= 11 is 0.920. The Hall–Kier alpha value is -2.42. The number of carbonyl (C=O) groups excluding carboxylic acids is 1. The van der Waals surface area contributed by atoms with E-state index >= 15 is 0 Å². The highest BCUT2D eigenvalue weighted by atomic mass is 32.1. The topological polar surface area (TPSA) is 118 Å². The molecule has 2 N–H and O–H groups in total. The zero-order chi connectivity index (χ0) is 12.3. The van der Waals surface area contributed by atoms with Crippen LogP contribution in [0.5, 0.6) is 0 Å². The van der Waals surface area contributed by atoms with Gasteiger partial charge < -0.3 is 5.11 Å². The van der Waals surface area contributed by atoms with Crippen LogP contribution in [0.25, 0.3) is 0 Å². The Morgan fingerprint density at radius 1 is 1.41 bits per heavy atom. The van der Waals surface area contributed by atoms with E-state index < -0.39 is 11.9 Å². The van der Waals surface area contributed by atoms with Gasteiger partial charge in [0.15, 0.2) is 0 Å². The molecule has 0 aliphatic carbocycles. The standard InChI is InChI=1S/C8H5N5O3S/c14-6(10-8-11-12-13-17-8)4-1-2-9-5(3-4)7(15)16/h1-3H,(H,15,16)(H,10,11,13,14). The van der Waals surface area contributed by atoms with E-state index in [4.69, 9.17) is 5.11 Å². The summed E-state index contributed by atoms with van der Waals surface area (Å²) in [6.07, 6.45) is 1.25. The van der Waals surface area contributed by atoms with E-state index in [1.807, 2.05) is 0 Å². The number of aromatic carboxylic acids is 1. The molecule has 0 aliphatic heterocycles. The van der Waals surface area contributed by atoms with Crippen LogP contribution in [-0.4, -0.2) is 36.8 Å². The van der Waals surface area contributed by atoms with Crippen molar-refractivity contribution in [1.82, 2.24) is 19.8 Å². The SMILES string of the molecule is O=C(Nc1nnns1)c1ccnc(C(=O)O)c1. The number of aromatic nitrogens is 4. The molecule has 2 aromatic rings. The molecule has 17 heavy (non-hydrogen) atoms. The number of carboxylic acids is 1. The number of nitrogens with zero attached hydrogens (tertiary/aromatic N) is 4. The van der Waals surface area contributed by atoms with Crippen molar-refractivity contribution >= 4 is 28.5 Å². The van der Waals surface area contributed by atoms with Gasteiger partial charge in [-0.1, -0.05) is 9.59 Å². The van der Waals surface area contributed by atoms with Crippen LogP contribution in [-0.2, 0) is 0 Å². The highest BCUT2D eigenvalue weighted by Gasteiger charge is 2.12. The number of nitrogens with one attached hydrogen (secondary N) is 1. The normalized spacial score (nSPS) is 9.88. The van der Waals surface area contributed by atoms with Gasteiger partial charge in [-0.15, -0.1) is 0 Å². The summed E-state index contributed by atoms with van der Waals surface area (Å²) in [5.41, 5.74) is -0.0272. The minimum atomic E-state index is -1.20. The van der Waals surface area contributed by atoms with Gasteiger partial charge in [-0.2, -0.15) is 0 Å². The first-order valence-corrected chi connectivity index (χ1v) is 5.10. The highest BCUT2D eigenvalue weighted by Crippen LogP contribution is 2.09. The Labute approximate surface area is 98.5 Å². The third-order valence-corrected chi connectivity index (χ3v) is 2.27. The first kappa shape index (κ1) is 11.1. The molecular formula is C8H5N5O3S. The quantitative estimate of drug-likeness (QED) is 0.804. The molecule has 2 heterocycles. The summed E-state index contributed by atoms with van der Waals surface area (Å²) in [5.74, 6) is -1.69. The molecule has 0 atom stereocenters. The number of hydrogen-bond donors (Lipinski definition) is 2. The maximum Gasteiger partial charge on any atom is 0.354 e. The lowest BCUT2D eigenvalue weighted by molar-refractivity contribution is 0.0690. The average molecular weight is 251 g/mol. The van der Waals surface area contributed by atoms with Crippen LogP contribution in [0.15, 0.2) is 18.3 Å². The van der Waals surface area contributed by atoms with Crippen LogP contribution in [0.2, 0.25) is 0 Å². The number of pyridine rings is 1. The van der Waals surface area contributed by atoms with Crippen molar-refractivity contribution in [2.75, 3.05) is 5.32 Å². The predicted octanol–water partition coefficient (Wildman–Crippen LogP) is 0.279. The average Bonchev–Trinajstić information content (AvgIpc) is 2.82. The lowest BCUT2D eigenvalue weighted by atomic mass is 10.2. The molecule has 0 saturated heterocycles. The van der Waals surface area contributed by atoms with E-state index in [0.29, 0.717) is 0 Å². The van der Waals surface area contributed by atoms with Gasteiger partial charge in [0.25, 0.3) is 5.91 Å². The van der Waals surface area contributed by atoms with Crippen molar-refractivity contribution in [3.63, 3.8) is 0 Å². The Morgan fingerprint density at radius 2 is 2.24 bits per heavy atom. The van der Waals surface area contributed by atoms with Gasteiger partial charge in [-0.05, 0) is 17.3 Å². The third kappa shape index (κ3) is 2.58. The summed E-state index contributed by atoms with van der Waals surface area (Å²) < 4.78 is 3.47. The minimum Gasteiger partial charge on any atom is -0.477 e. The Bertz CT molecular complexity index is 556. The molecule has 0 aliphatic rings. The number of rotatable bonds is 3. The lowest BCUT2D eigenvalue weighted by Crippen LogP contribution is -2.13.